The summed E-state index contributed by atoms with van der Waals surface area (Å²) < 4.78 is 0.829. The Morgan fingerprint density at radius 3 is 2.68 bits per heavy atom. The molecule has 1 aliphatic heterocycles. The number of aromatic nitrogens is 1. The molecule has 0 bridgehead atoms. The highest BCUT2D eigenvalue weighted by molar-refractivity contribution is 9.10. The minimum atomic E-state index is -0.210. The van der Waals surface area contributed by atoms with Crippen molar-refractivity contribution >= 4 is 44.3 Å². The van der Waals surface area contributed by atoms with Gasteiger partial charge < -0.3 is 10.2 Å². The highest BCUT2D eigenvalue weighted by Crippen LogP contribution is 2.35. The molecular weight excluding hydrogens is 454 g/mol. The molecule has 1 aliphatic carbocycles. The van der Waals surface area contributed by atoms with Crippen LogP contribution >= 0.6 is 15.9 Å². The highest BCUT2D eigenvalue weighted by atomic mass is 79.9. The van der Waals surface area contributed by atoms with Gasteiger partial charge in [0.05, 0.1) is 16.8 Å². The monoisotopic (exact) mass is 477 g/mol. The van der Waals surface area contributed by atoms with Crippen molar-refractivity contribution in [3.8, 4) is 0 Å². The topological polar surface area (TPSA) is 62.3 Å². The normalized spacial score (nSPS) is 16.6. The number of anilines is 1. The van der Waals surface area contributed by atoms with Crippen molar-refractivity contribution in [2.75, 3.05) is 5.32 Å². The highest BCUT2D eigenvalue weighted by Gasteiger charge is 2.38. The first-order valence-corrected chi connectivity index (χ1v) is 11.6. The van der Waals surface area contributed by atoms with Crippen LogP contribution in [0.2, 0.25) is 0 Å². The standard InChI is InChI=1S/C25H24BrN3O2/c1-15-11-12-21(19(26)13-15)28-24(30)22-17-9-5-6-10-20(17)27-23-18(22)14-29(25(23)31)16-7-3-2-4-8-16/h5-6,9-13,16H,2-4,7-8,14H2,1H3,(H,28,30). The van der Waals surface area contributed by atoms with Crippen LogP contribution in [0.3, 0.4) is 0 Å². The van der Waals surface area contributed by atoms with Gasteiger partial charge in [0.15, 0.2) is 0 Å². The van der Waals surface area contributed by atoms with Crippen molar-refractivity contribution in [1.29, 1.82) is 0 Å². The van der Waals surface area contributed by atoms with Crippen LogP contribution in [-0.2, 0) is 6.54 Å². The smallest absolute Gasteiger partial charge is 0.273 e. The molecule has 6 heteroatoms. The fourth-order valence-electron chi connectivity index (χ4n) is 4.81. The number of halogens is 1. The van der Waals surface area contributed by atoms with Gasteiger partial charge in [-0.3, -0.25) is 9.59 Å². The predicted octanol–water partition coefficient (Wildman–Crippen LogP) is 5.85. The number of carbonyl (C=O) groups is 2. The average molecular weight is 478 g/mol. The molecule has 0 spiro atoms. The van der Waals surface area contributed by atoms with E-state index in [0.29, 0.717) is 29.0 Å². The van der Waals surface area contributed by atoms with Crippen molar-refractivity contribution in [2.45, 2.75) is 51.6 Å². The predicted molar refractivity (Wildman–Crippen MR) is 125 cm³/mol. The number of amides is 2. The third kappa shape index (κ3) is 3.63. The molecule has 1 N–H and O–H groups in total. The second-order valence-corrected chi connectivity index (χ2v) is 9.35. The van der Waals surface area contributed by atoms with E-state index in [1.165, 1.54) is 6.42 Å². The Bertz CT molecular complexity index is 1200. The van der Waals surface area contributed by atoms with E-state index in [1.54, 1.807) is 0 Å². The van der Waals surface area contributed by atoms with Gasteiger partial charge in [-0.15, -0.1) is 0 Å². The molecule has 158 valence electrons. The Kier molecular flexibility index (Phi) is 5.26. The first kappa shape index (κ1) is 20.2. The van der Waals surface area contributed by atoms with Crippen molar-refractivity contribution in [3.05, 3.63) is 69.3 Å². The molecule has 0 radical (unpaired) electrons. The molecule has 1 aromatic heterocycles. The van der Waals surface area contributed by atoms with E-state index < -0.39 is 0 Å². The zero-order valence-corrected chi connectivity index (χ0v) is 19.0. The Balaban J connectivity index is 1.58. The molecule has 0 saturated heterocycles. The molecule has 5 rings (SSSR count). The molecule has 2 amide bonds. The number of hydrogen-bond donors (Lipinski definition) is 1. The van der Waals surface area contributed by atoms with E-state index in [-0.39, 0.29) is 17.9 Å². The molecule has 31 heavy (non-hydrogen) atoms. The molecular formula is C25H24BrN3O2. The Morgan fingerprint density at radius 1 is 1.13 bits per heavy atom. The lowest BCUT2D eigenvalue weighted by Gasteiger charge is -2.30. The van der Waals surface area contributed by atoms with Crippen LogP contribution in [0.5, 0.6) is 0 Å². The maximum atomic E-state index is 13.5. The van der Waals surface area contributed by atoms with Crippen molar-refractivity contribution in [3.63, 3.8) is 0 Å². The number of rotatable bonds is 3. The van der Waals surface area contributed by atoms with Gasteiger partial charge in [0.25, 0.3) is 11.8 Å². The third-order valence-corrected chi connectivity index (χ3v) is 7.06. The van der Waals surface area contributed by atoms with Crippen molar-refractivity contribution in [2.24, 2.45) is 0 Å². The van der Waals surface area contributed by atoms with Gasteiger partial charge >= 0.3 is 0 Å². The number of fused-ring (bicyclic) bond motifs is 2. The van der Waals surface area contributed by atoms with Gasteiger partial charge in [-0.25, -0.2) is 4.98 Å². The van der Waals surface area contributed by atoms with E-state index in [4.69, 9.17) is 0 Å². The number of nitrogens with one attached hydrogen (secondary N) is 1. The van der Waals surface area contributed by atoms with Crippen LogP contribution in [0.1, 0.15) is 64.1 Å². The average Bonchev–Trinajstić information content (AvgIpc) is 3.10. The summed E-state index contributed by atoms with van der Waals surface area (Å²) in [6.45, 7) is 2.46. The fourth-order valence-corrected chi connectivity index (χ4v) is 5.41. The number of carbonyl (C=O) groups excluding carboxylic acids is 2. The molecule has 1 fully saturated rings. The number of nitrogens with zero attached hydrogens (tertiary/aromatic N) is 2. The number of pyridine rings is 1. The van der Waals surface area contributed by atoms with Crippen molar-refractivity contribution < 1.29 is 9.59 Å². The third-order valence-electron chi connectivity index (χ3n) is 6.40. The lowest BCUT2D eigenvalue weighted by atomic mass is 9.94. The van der Waals surface area contributed by atoms with Gasteiger partial charge in [0.1, 0.15) is 5.69 Å². The zero-order valence-electron chi connectivity index (χ0n) is 17.5. The van der Waals surface area contributed by atoms with Gasteiger partial charge in [0, 0.05) is 28.0 Å². The molecule has 2 aliphatic rings. The van der Waals surface area contributed by atoms with E-state index in [0.717, 1.165) is 46.7 Å². The summed E-state index contributed by atoms with van der Waals surface area (Å²) >= 11 is 3.54. The van der Waals surface area contributed by atoms with Gasteiger partial charge in [-0.1, -0.05) is 43.5 Å². The van der Waals surface area contributed by atoms with Crippen LogP contribution in [0.4, 0.5) is 5.69 Å². The summed E-state index contributed by atoms with van der Waals surface area (Å²) in [7, 11) is 0. The van der Waals surface area contributed by atoms with Crippen LogP contribution in [-0.4, -0.2) is 27.7 Å². The maximum absolute atomic E-state index is 13.5. The summed E-state index contributed by atoms with van der Waals surface area (Å²) in [4.78, 5) is 33.4. The first-order valence-electron chi connectivity index (χ1n) is 10.8. The maximum Gasteiger partial charge on any atom is 0.273 e. The van der Waals surface area contributed by atoms with Gasteiger partial charge in [0.2, 0.25) is 0 Å². The number of benzene rings is 2. The number of para-hydroxylation sites is 1. The van der Waals surface area contributed by atoms with Gasteiger partial charge in [-0.05, 0) is 59.5 Å². The summed E-state index contributed by atoms with van der Waals surface area (Å²) in [6.07, 6.45) is 5.57. The molecule has 2 heterocycles. The van der Waals surface area contributed by atoms with E-state index in [1.807, 2.05) is 54.3 Å². The number of aryl methyl sites for hydroxylation is 1. The van der Waals surface area contributed by atoms with Gasteiger partial charge in [-0.2, -0.15) is 0 Å². The van der Waals surface area contributed by atoms with Crippen molar-refractivity contribution in [1.82, 2.24) is 9.88 Å². The fraction of sp³-hybridized carbons (Fsp3) is 0.320. The van der Waals surface area contributed by atoms with E-state index in [2.05, 4.69) is 26.2 Å². The van der Waals surface area contributed by atoms with Crippen LogP contribution in [0, 0.1) is 6.92 Å². The zero-order chi connectivity index (χ0) is 21.5. The lowest BCUT2D eigenvalue weighted by Crippen LogP contribution is -2.37. The molecule has 0 atom stereocenters. The Labute approximate surface area is 190 Å². The summed E-state index contributed by atoms with van der Waals surface area (Å²) in [5.41, 5.74) is 4.22. The number of hydrogen-bond acceptors (Lipinski definition) is 3. The molecule has 0 unspecified atom stereocenters. The van der Waals surface area contributed by atoms with E-state index >= 15 is 0 Å². The summed E-state index contributed by atoms with van der Waals surface area (Å²) in [5.74, 6) is -0.254. The Morgan fingerprint density at radius 2 is 1.90 bits per heavy atom. The molecule has 2 aromatic carbocycles. The van der Waals surface area contributed by atoms with Crippen LogP contribution in [0.25, 0.3) is 10.9 Å². The second-order valence-electron chi connectivity index (χ2n) is 8.49. The first-order chi connectivity index (χ1) is 15.0. The molecule has 5 nitrogen and oxygen atoms in total. The second kappa shape index (κ2) is 8.08. The quantitative estimate of drug-likeness (QED) is 0.514. The summed E-state index contributed by atoms with van der Waals surface area (Å²) in [6, 6.07) is 13.6. The van der Waals surface area contributed by atoms with Crippen LogP contribution in [0.15, 0.2) is 46.9 Å². The minimum absolute atomic E-state index is 0.0433. The lowest BCUT2D eigenvalue weighted by molar-refractivity contribution is 0.0655. The largest absolute Gasteiger partial charge is 0.330 e. The van der Waals surface area contributed by atoms with Crippen LogP contribution < -0.4 is 5.32 Å². The molecule has 3 aromatic rings. The SMILES string of the molecule is Cc1ccc(NC(=O)c2c3c(nc4ccccc24)C(=O)N(C2CCCCC2)C3)c(Br)c1. The minimum Gasteiger partial charge on any atom is -0.330 e. The summed E-state index contributed by atoms with van der Waals surface area (Å²) in [5, 5.41) is 3.82. The van der Waals surface area contributed by atoms with E-state index in [9.17, 15) is 9.59 Å². The Hall–Kier alpha value is -2.73. The molecule has 1 saturated carbocycles.